The molecule has 0 radical (unpaired) electrons. The second-order valence-electron chi connectivity index (χ2n) is 5.29. The van der Waals surface area contributed by atoms with Crippen molar-refractivity contribution in [2.75, 3.05) is 26.2 Å². The maximum Gasteiger partial charge on any atom is 0.317 e. The number of carbonyl (C=O) groups excluding carboxylic acids is 1. The number of nitrogens with one attached hydrogen (secondary N) is 1. The molecule has 0 spiro atoms. The Hall–Kier alpha value is -1.34. The third-order valence-corrected chi connectivity index (χ3v) is 2.82. The van der Waals surface area contributed by atoms with Crippen molar-refractivity contribution in [1.29, 1.82) is 0 Å². The number of urea groups is 1. The van der Waals surface area contributed by atoms with Gasteiger partial charge in [-0.05, 0) is 20.3 Å². The first kappa shape index (κ1) is 15.7. The van der Waals surface area contributed by atoms with Crippen LogP contribution in [0.3, 0.4) is 0 Å². The number of rotatable bonds is 5. The first-order chi connectivity index (χ1) is 8.84. The molecule has 7 nitrogen and oxygen atoms in total. The number of amides is 2. The minimum atomic E-state index is -0.873. The number of morpholine rings is 1. The van der Waals surface area contributed by atoms with Gasteiger partial charge in [-0.15, -0.1) is 0 Å². The Labute approximate surface area is 112 Å². The number of hydrogen-bond acceptors (Lipinski definition) is 4. The van der Waals surface area contributed by atoms with Crippen LogP contribution in [-0.4, -0.2) is 65.1 Å². The van der Waals surface area contributed by atoms with Gasteiger partial charge in [-0.3, -0.25) is 4.79 Å². The van der Waals surface area contributed by atoms with E-state index in [1.165, 1.54) is 0 Å². The Morgan fingerprint density at radius 2 is 2.16 bits per heavy atom. The predicted molar refractivity (Wildman–Crippen MR) is 67.9 cm³/mol. The highest BCUT2D eigenvalue weighted by atomic mass is 16.5. The van der Waals surface area contributed by atoms with Crippen molar-refractivity contribution >= 4 is 12.0 Å². The molecule has 1 fully saturated rings. The average molecular weight is 274 g/mol. The topological polar surface area (TPSA) is 99.1 Å². The van der Waals surface area contributed by atoms with Crippen molar-refractivity contribution in [1.82, 2.24) is 10.2 Å². The number of ether oxygens (including phenoxy) is 1. The first-order valence-electron chi connectivity index (χ1n) is 6.37. The van der Waals surface area contributed by atoms with Crippen LogP contribution in [0.15, 0.2) is 0 Å². The number of nitrogens with zero attached hydrogens (tertiary/aromatic N) is 1. The molecule has 110 valence electrons. The van der Waals surface area contributed by atoms with Gasteiger partial charge in [0, 0.05) is 13.0 Å². The second kappa shape index (κ2) is 6.72. The van der Waals surface area contributed by atoms with Gasteiger partial charge in [0.15, 0.2) is 0 Å². The van der Waals surface area contributed by atoms with E-state index in [9.17, 15) is 9.59 Å². The number of hydrogen-bond donors (Lipinski definition) is 3. The number of aliphatic hydroxyl groups is 1. The van der Waals surface area contributed by atoms with Gasteiger partial charge in [0.05, 0.1) is 31.4 Å². The zero-order valence-electron chi connectivity index (χ0n) is 11.4. The van der Waals surface area contributed by atoms with Gasteiger partial charge >= 0.3 is 12.0 Å². The first-order valence-corrected chi connectivity index (χ1v) is 6.37. The van der Waals surface area contributed by atoms with Gasteiger partial charge in [0.25, 0.3) is 0 Å². The van der Waals surface area contributed by atoms with Crippen molar-refractivity contribution in [3.63, 3.8) is 0 Å². The van der Waals surface area contributed by atoms with Crippen molar-refractivity contribution in [2.24, 2.45) is 0 Å². The Balaban J connectivity index is 2.40. The highest BCUT2D eigenvalue weighted by Crippen LogP contribution is 2.20. The van der Waals surface area contributed by atoms with Gasteiger partial charge in [-0.25, -0.2) is 4.79 Å². The maximum absolute atomic E-state index is 11.9. The third kappa shape index (κ3) is 5.44. The second-order valence-corrected chi connectivity index (χ2v) is 5.29. The summed E-state index contributed by atoms with van der Waals surface area (Å²) in [7, 11) is 0. The number of aliphatic hydroxyl groups excluding tert-OH is 1. The highest BCUT2D eigenvalue weighted by Gasteiger charge is 2.35. The molecule has 1 unspecified atom stereocenters. The zero-order chi connectivity index (χ0) is 14.5. The molecule has 3 N–H and O–H groups in total. The standard InChI is InChI=1S/C12H22N2O5/c1-12(2)8-14(6-9(7-15)19-12)11(18)13-5-3-4-10(16)17/h9,15H,3-8H2,1-2H3,(H,13,18)(H,16,17). The molecule has 7 heteroatoms. The molecule has 1 aliphatic rings. The van der Waals surface area contributed by atoms with Crippen molar-refractivity contribution in [3.05, 3.63) is 0 Å². The van der Waals surface area contributed by atoms with E-state index in [4.69, 9.17) is 14.9 Å². The van der Waals surface area contributed by atoms with Crippen LogP contribution in [0.1, 0.15) is 26.7 Å². The van der Waals surface area contributed by atoms with Gasteiger partial charge in [0.1, 0.15) is 0 Å². The third-order valence-electron chi connectivity index (χ3n) is 2.82. The highest BCUT2D eigenvalue weighted by molar-refractivity contribution is 5.74. The van der Waals surface area contributed by atoms with E-state index < -0.39 is 11.6 Å². The van der Waals surface area contributed by atoms with Gasteiger partial charge in [-0.2, -0.15) is 0 Å². The van der Waals surface area contributed by atoms with E-state index in [0.29, 0.717) is 26.1 Å². The number of carboxylic acids is 1. The van der Waals surface area contributed by atoms with E-state index in [0.717, 1.165) is 0 Å². The minimum absolute atomic E-state index is 0.0359. The van der Waals surface area contributed by atoms with Crippen LogP contribution in [0, 0.1) is 0 Å². The summed E-state index contributed by atoms with van der Waals surface area (Å²) < 4.78 is 5.61. The molecule has 0 aromatic carbocycles. The van der Waals surface area contributed by atoms with Crippen molar-refractivity contribution in [2.45, 2.75) is 38.4 Å². The lowest BCUT2D eigenvalue weighted by Gasteiger charge is -2.42. The van der Waals surface area contributed by atoms with Crippen LogP contribution in [0.4, 0.5) is 4.79 Å². The van der Waals surface area contributed by atoms with Gasteiger partial charge in [0.2, 0.25) is 0 Å². The molecule has 1 rings (SSSR count). The lowest BCUT2D eigenvalue weighted by molar-refractivity contribution is -0.138. The summed E-state index contributed by atoms with van der Waals surface area (Å²) >= 11 is 0. The van der Waals surface area contributed by atoms with E-state index in [2.05, 4.69) is 5.32 Å². The van der Waals surface area contributed by atoms with Gasteiger partial charge in [-0.1, -0.05) is 0 Å². The normalized spacial score (nSPS) is 22.1. The fourth-order valence-electron chi connectivity index (χ4n) is 2.09. The predicted octanol–water partition coefficient (Wildman–Crippen LogP) is 0.0325. The van der Waals surface area contributed by atoms with E-state index in [-0.39, 0.29) is 25.2 Å². The fourth-order valence-corrected chi connectivity index (χ4v) is 2.09. The van der Waals surface area contributed by atoms with Gasteiger partial charge < -0.3 is 25.2 Å². The Kier molecular flexibility index (Phi) is 5.56. The van der Waals surface area contributed by atoms with Crippen molar-refractivity contribution < 1.29 is 24.5 Å². The summed E-state index contributed by atoms with van der Waals surface area (Å²) in [5, 5.41) is 20.3. The summed E-state index contributed by atoms with van der Waals surface area (Å²) in [4.78, 5) is 23.9. The molecule has 1 atom stereocenters. The molecular weight excluding hydrogens is 252 g/mol. The SMILES string of the molecule is CC1(C)CN(C(=O)NCCCC(=O)O)CC(CO)O1. The average Bonchev–Trinajstić information content (AvgIpc) is 2.32. The summed E-state index contributed by atoms with van der Waals surface area (Å²) in [6.45, 7) is 4.69. The summed E-state index contributed by atoms with van der Waals surface area (Å²) in [5.74, 6) is -0.873. The smallest absolute Gasteiger partial charge is 0.317 e. The summed E-state index contributed by atoms with van der Waals surface area (Å²) in [6.07, 6.45) is 0.0559. The molecule has 1 aliphatic heterocycles. The van der Waals surface area contributed by atoms with Crippen LogP contribution in [-0.2, 0) is 9.53 Å². The van der Waals surface area contributed by atoms with E-state index >= 15 is 0 Å². The Bertz CT molecular complexity index is 332. The van der Waals surface area contributed by atoms with Crippen molar-refractivity contribution in [3.8, 4) is 0 Å². The van der Waals surface area contributed by atoms with Crippen LogP contribution in [0.25, 0.3) is 0 Å². The molecule has 2 amide bonds. The number of carbonyl (C=O) groups is 2. The molecule has 1 saturated heterocycles. The number of aliphatic carboxylic acids is 1. The zero-order valence-corrected chi connectivity index (χ0v) is 11.4. The molecule has 1 heterocycles. The lowest BCUT2D eigenvalue weighted by atomic mass is 10.1. The maximum atomic E-state index is 11.9. The minimum Gasteiger partial charge on any atom is -0.481 e. The Morgan fingerprint density at radius 3 is 2.74 bits per heavy atom. The molecule has 19 heavy (non-hydrogen) atoms. The molecule has 0 aromatic heterocycles. The molecule has 0 aliphatic carbocycles. The largest absolute Gasteiger partial charge is 0.481 e. The van der Waals surface area contributed by atoms with E-state index in [1.54, 1.807) is 4.90 Å². The number of carboxylic acid groups (broad SMARTS) is 1. The molecule has 0 bridgehead atoms. The molecule has 0 aromatic rings. The van der Waals surface area contributed by atoms with Crippen LogP contribution in [0.2, 0.25) is 0 Å². The molecular formula is C12H22N2O5. The van der Waals surface area contributed by atoms with E-state index in [1.807, 2.05) is 13.8 Å². The summed E-state index contributed by atoms with van der Waals surface area (Å²) in [6, 6.07) is -0.250. The van der Waals surface area contributed by atoms with Crippen LogP contribution < -0.4 is 5.32 Å². The van der Waals surface area contributed by atoms with Crippen LogP contribution >= 0.6 is 0 Å². The van der Waals surface area contributed by atoms with Crippen LogP contribution in [0.5, 0.6) is 0 Å². The quantitative estimate of drug-likeness (QED) is 0.614. The summed E-state index contributed by atoms with van der Waals surface area (Å²) in [5.41, 5.74) is -0.496. The Morgan fingerprint density at radius 1 is 1.47 bits per heavy atom. The lowest BCUT2D eigenvalue weighted by Crippen LogP contribution is -2.57. The monoisotopic (exact) mass is 274 g/mol. The molecule has 0 saturated carbocycles. The fraction of sp³-hybridized carbons (Fsp3) is 0.833.